The molecule has 178 valence electrons. The van der Waals surface area contributed by atoms with Gasteiger partial charge in [-0.1, -0.05) is 36.4 Å². The highest BCUT2D eigenvalue weighted by Crippen LogP contribution is 2.21. The van der Waals surface area contributed by atoms with Crippen LogP contribution in [0, 0.1) is 6.92 Å². The van der Waals surface area contributed by atoms with E-state index in [0.29, 0.717) is 45.0 Å². The van der Waals surface area contributed by atoms with Crippen molar-refractivity contribution in [3.63, 3.8) is 0 Å². The molecule has 0 radical (unpaired) electrons. The molecule has 0 aromatic heterocycles. The molecule has 2 heterocycles. The Morgan fingerprint density at radius 1 is 1.06 bits per heavy atom. The number of carbonyl (C=O) groups is 1. The van der Waals surface area contributed by atoms with Crippen LogP contribution in [0.1, 0.15) is 21.5 Å². The third kappa shape index (κ3) is 5.99. The maximum absolute atomic E-state index is 13.0. The molecule has 0 unspecified atom stereocenters. The molecule has 0 bridgehead atoms. The van der Waals surface area contributed by atoms with Crippen molar-refractivity contribution in [2.75, 3.05) is 52.5 Å². The van der Waals surface area contributed by atoms with E-state index >= 15 is 0 Å². The van der Waals surface area contributed by atoms with Gasteiger partial charge in [0.05, 0.1) is 30.8 Å². The van der Waals surface area contributed by atoms with Crippen LogP contribution in [0.15, 0.2) is 53.4 Å². The van der Waals surface area contributed by atoms with Gasteiger partial charge in [0.15, 0.2) is 0 Å². The first-order valence-corrected chi connectivity index (χ1v) is 12.7. The maximum atomic E-state index is 13.0. The average Bonchev–Trinajstić information content (AvgIpc) is 2.84. The SMILES string of the molecule is Cc1ccc(S(=O)(=O)N2CCOCC2)cc1C(=O)NC[C@H]1CN(Cc2ccccc2)CCO1. The van der Waals surface area contributed by atoms with Gasteiger partial charge >= 0.3 is 0 Å². The van der Waals surface area contributed by atoms with E-state index in [1.165, 1.54) is 15.9 Å². The molecule has 2 aromatic rings. The zero-order chi connectivity index (χ0) is 23.3. The molecule has 1 N–H and O–H groups in total. The second-order valence-corrected chi connectivity index (χ2v) is 10.4. The molecule has 0 spiro atoms. The third-order valence-corrected chi connectivity index (χ3v) is 7.92. The normalized spacial score (nSPS) is 20.5. The lowest BCUT2D eigenvalue weighted by Gasteiger charge is -2.33. The number of carbonyl (C=O) groups excluding carboxylic acids is 1. The molecule has 2 saturated heterocycles. The number of amides is 1. The summed E-state index contributed by atoms with van der Waals surface area (Å²) in [5, 5.41) is 2.93. The predicted octanol–water partition coefficient (Wildman–Crippen LogP) is 1.65. The molecule has 33 heavy (non-hydrogen) atoms. The lowest BCUT2D eigenvalue weighted by atomic mass is 10.1. The smallest absolute Gasteiger partial charge is 0.251 e. The van der Waals surface area contributed by atoms with Crippen LogP contribution in [0.25, 0.3) is 0 Å². The second kappa shape index (κ2) is 10.8. The Bertz CT molecular complexity index is 1060. The highest BCUT2D eigenvalue weighted by atomic mass is 32.2. The number of sulfonamides is 1. The molecule has 2 aliphatic rings. The number of aryl methyl sites for hydroxylation is 1. The van der Waals surface area contributed by atoms with Crippen LogP contribution < -0.4 is 5.32 Å². The van der Waals surface area contributed by atoms with Crippen molar-refractivity contribution in [3.05, 3.63) is 65.2 Å². The number of morpholine rings is 2. The Balaban J connectivity index is 1.37. The van der Waals surface area contributed by atoms with Crippen LogP contribution in [0.4, 0.5) is 0 Å². The number of rotatable bonds is 7. The predicted molar refractivity (Wildman–Crippen MR) is 125 cm³/mol. The fraction of sp³-hybridized carbons (Fsp3) is 0.458. The number of hydrogen-bond donors (Lipinski definition) is 1. The highest BCUT2D eigenvalue weighted by Gasteiger charge is 2.28. The molecule has 0 aliphatic carbocycles. The van der Waals surface area contributed by atoms with Crippen LogP contribution >= 0.6 is 0 Å². The summed E-state index contributed by atoms with van der Waals surface area (Å²) < 4.78 is 38.5. The molecule has 4 rings (SSSR count). The van der Waals surface area contributed by atoms with Crippen LogP contribution in [-0.2, 0) is 26.0 Å². The summed E-state index contributed by atoms with van der Waals surface area (Å²) in [4.78, 5) is 15.4. The Morgan fingerprint density at radius 3 is 2.58 bits per heavy atom. The summed E-state index contributed by atoms with van der Waals surface area (Å²) in [5.41, 5.74) is 2.33. The Kier molecular flexibility index (Phi) is 7.77. The van der Waals surface area contributed by atoms with Crippen LogP contribution in [-0.4, -0.2) is 82.2 Å². The minimum absolute atomic E-state index is 0.119. The first-order chi connectivity index (χ1) is 15.9. The zero-order valence-corrected chi connectivity index (χ0v) is 19.7. The van der Waals surface area contributed by atoms with E-state index < -0.39 is 10.0 Å². The van der Waals surface area contributed by atoms with Gasteiger partial charge in [-0.25, -0.2) is 8.42 Å². The van der Waals surface area contributed by atoms with Gasteiger partial charge in [0.25, 0.3) is 5.91 Å². The van der Waals surface area contributed by atoms with E-state index in [1.807, 2.05) is 18.2 Å². The van der Waals surface area contributed by atoms with Crippen molar-refractivity contribution < 1.29 is 22.7 Å². The minimum Gasteiger partial charge on any atom is -0.379 e. The van der Waals surface area contributed by atoms with E-state index in [2.05, 4.69) is 22.3 Å². The number of nitrogens with zero attached hydrogens (tertiary/aromatic N) is 2. The van der Waals surface area contributed by atoms with E-state index in [0.717, 1.165) is 25.2 Å². The molecule has 2 fully saturated rings. The number of nitrogens with one attached hydrogen (secondary N) is 1. The summed E-state index contributed by atoms with van der Waals surface area (Å²) in [5.74, 6) is -0.296. The molecule has 8 nitrogen and oxygen atoms in total. The molecule has 9 heteroatoms. The first kappa shape index (κ1) is 23.8. The van der Waals surface area contributed by atoms with Gasteiger partial charge in [-0.15, -0.1) is 0 Å². The first-order valence-electron chi connectivity index (χ1n) is 11.3. The topological polar surface area (TPSA) is 88.2 Å². The van der Waals surface area contributed by atoms with E-state index in [9.17, 15) is 13.2 Å². The quantitative estimate of drug-likeness (QED) is 0.658. The van der Waals surface area contributed by atoms with E-state index in [1.54, 1.807) is 19.1 Å². The Labute approximate surface area is 195 Å². The van der Waals surface area contributed by atoms with Crippen LogP contribution in [0.5, 0.6) is 0 Å². The van der Waals surface area contributed by atoms with Crippen molar-refractivity contribution in [2.45, 2.75) is 24.5 Å². The number of benzene rings is 2. The van der Waals surface area contributed by atoms with Crippen LogP contribution in [0.2, 0.25) is 0 Å². The van der Waals surface area contributed by atoms with Crippen molar-refractivity contribution in [1.82, 2.24) is 14.5 Å². The van der Waals surface area contributed by atoms with Gasteiger partial charge in [-0.3, -0.25) is 9.69 Å². The molecule has 0 saturated carbocycles. The van der Waals surface area contributed by atoms with Gasteiger partial charge < -0.3 is 14.8 Å². The summed E-state index contributed by atoms with van der Waals surface area (Å²) in [6.07, 6.45) is -0.119. The summed E-state index contributed by atoms with van der Waals surface area (Å²) in [6.45, 7) is 6.58. The molecular weight excluding hydrogens is 442 g/mol. The molecule has 2 aromatic carbocycles. The van der Waals surface area contributed by atoms with Crippen LogP contribution in [0.3, 0.4) is 0 Å². The van der Waals surface area contributed by atoms with Gasteiger partial charge in [0.1, 0.15) is 0 Å². The standard InChI is InChI=1S/C24H31N3O5S/c1-19-7-8-22(33(29,30)27-10-12-31-13-11-27)15-23(19)24(28)25-16-21-18-26(9-14-32-21)17-20-5-3-2-4-6-20/h2-8,15,21H,9-14,16-18H2,1H3,(H,25,28)/t21-/m0/s1. The minimum atomic E-state index is -3.67. The second-order valence-electron chi connectivity index (χ2n) is 8.42. The van der Waals surface area contributed by atoms with Gasteiger partial charge in [0, 0.05) is 44.8 Å². The van der Waals surface area contributed by atoms with Crippen molar-refractivity contribution in [1.29, 1.82) is 0 Å². The molecular formula is C24H31N3O5S. The van der Waals surface area contributed by atoms with E-state index in [-0.39, 0.29) is 16.9 Å². The Hall–Kier alpha value is -2.30. The van der Waals surface area contributed by atoms with Gasteiger partial charge in [0.2, 0.25) is 10.0 Å². The summed E-state index contributed by atoms with van der Waals surface area (Å²) in [6, 6.07) is 15.0. The average molecular weight is 474 g/mol. The summed E-state index contributed by atoms with van der Waals surface area (Å²) in [7, 11) is -3.67. The van der Waals surface area contributed by atoms with Crippen molar-refractivity contribution in [2.24, 2.45) is 0 Å². The van der Waals surface area contributed by atoms with E-state index in [4.69, 9.17) is 9.47 Å². The molecule has 2 aliphatic heterocycles. The lowest BCUT2D eigenvalue weighted by Crippen LogP contribution is -2.47. The number of ether oxygens (including phenoxy) is 2. The molecule has 1 amide bonds. The van der Waals surface area contributed by atoms with Crippen molar-refractivity contribution >= 4 is 15.9 Å². The fourth-order valence-electron chi connectivity index (χ4n) is 4.13. The van der Waals surface area contributed by atoms with Gasteiger partial charge in [-0.2, -0.15) is 4.31 Å². The zero-order valence-electron chi connectivity index (χ0n) is 18.9. The van der Waals surface area contributed by atoms with Crippen molar-refractivity contribution in [3.8, 4) is 0 Å². The lowest BCUT2D eigenvalue weighted by molar-refractivity contribution is -0.0292. The maximum Gasteiger partial charge on any atom is 0.251 e. The highest BCUT2D eigenvalue weighted by molar-refractivity contribution is 7.89. The molecule has 1 atom stereocenters. The fourth-order valence-corrected chi connectivity index (χ4v) is 5.57. The van der Waals surface area contributed by atoms with Gasteiger partial charge in [-0.05, 0) is 30.2 Å². The Morgan fingerprint density at radius 2 is 1.82 bits per heavy atom. The third-order valence-electron chi connectivity index (χ3n) is 6.02. The largest absolute Gasteiger partial charge is 0.379 e. The summed E-state index contributed by atoms with van der Waals surface area (Å²) >= 11 is 0. The monoisotopic (exact) mass is 473 g/mol. The number of hydrogen-bond acceptors (Lipinski definition) is 6.